The summed E-state index contributed by atoms with van der Waals surface area (Å²) < 4.78 is 1.08. The van der Waals surface area contributed by atoms with E-state index in [0.29, 0.717) is 25.4 Å². The molecule has 1 unspecified atom stereocenters. The number of carbonyl (C=O) groups excluding carboxylic acids is 1. The van der Waals surface area contributed by atoms with Crippen molar-refractivity contribution in [3.63, 3.8) is 0 Å². The number of nitrogens with one attached hydrogen (secondary N) is 1. The van der Waals surface area contributed by atoms with Gasteiger partial charge in [-0.15, -0.1) is 11.8 Å². The molecule has 0 radical (unpaired) electrons. The van der Waals surface area contributed by atoms with Crippen molar-refractivity contribution in [1.82, 2.24) is 5.32 Å². The molecule has 1 aromatic rings. The van der Waals surface area contributed by atoms with E-state index < -0.39 is 0 Å². The molecule has 3 nitrogen and oxygen atoms in total. The fourth-order valence-electron chi connectivity index (χ4n) is 1.28. The van der Waals surface area contributed by atoms with Crippen molar-refractivity contribution in [2.45, 2.75) is 18.2 Å². The third kappa shape index (κ3) is 5.89. The van der Waals surface area contributed by atoms with Crippen molar-refractivity contribution in [1.29, 1.82) is 0 Å². The summed E-state index contributed by atoms with van der Waals surface area (Å²) in [6, 6.07) is 8.03. The summed E-state index contributed by atoms with van der Waals surface area (Å²) in [6.07, 6.45) is 0.531. The second-order valence-electron chi connectivity index (χ2n) is 4.17. The fraction of sp³-hybridized carbons (Fsp3) is 0.462. The monoisotopic (exact) mass is 330 g/mol. The van der Waals surface area contributed by atoms with Gasteiger partial charge in [-0.05, 0) is 40.5 Å². The largest absolute Gasteiger partial charge is 0.356 e. The third-order valence-corrected chi connectivity index (χ3v) is 4.50. The number of thioether (sulfide) groups is 1. The van der Waals surface area contributed by atoms with Crippen LogP contribution in [0.25, 0.3) is 0 Å². The average molecular weight is 331 g/mol. The molecule has 0 saturated carbocycles. The molecule has 0 spiro atoms. The summed E-state index contributed by atoms with van der Waals surface area (Å²) in [6.45, 7) is 3.29. The third-order valence-electron chi connectivity index (χ3n) is 2.47. The van der Waals surface area contributed by atoms with Crippen LogP contribution in [0.4, 0.5) is 0 Å². The maximum atomic E-state index is 11.6. The van der Waals surface area contributed by atoms with E-state index in [9.17, 15) is 4.79 Å². The molecular formula is C13H19BrN2OS. The van der Waals surface area contributed by atoms with E-state index in [4.69, 9.17) is 5.73 Å². The summed E-state index contributed by atoms with van der Waals surface area (Å²) >= 11 is 5.17. The lowest BCUT2D eigenvalue weighted by atomic mass is 10.2. The summed E-state index contributed by atoms with van der Waals surface area (Å²) in [4.78, 5) is 12.7. The van der Waals surface area contributed by atoms with Crippen LogP contribution in [0.1, 0.15) is 13.3 Å². The van der Waals surface area contributed by atoms with Crippen molar-refractivity contribution < 1.29 is 4.79 Å². The Morgan fingerprint density at radius 3 is 2.89 bits per heavy atom. The molecule has 0 aromatic heterocycles. The van der Waals surface area contributed by atoms with Gasteiger partial charge in [0.2, 0.25) is 5.91 Å². The van der Waals surface area contributed by atoms with Crippen LogP contribution < -0.4 is 11.1 Å². The van der Waals surface area contributed by atoms with Gasteiger partial charge in [0.1, 0.15) is 0 Å². The smallest absolute Gasteiger partial charge is 0.220 e. The van der Waals surface area contributed by atoms with E-state index in [1.807, 2.05) is 31.2 Å². The van der Waals surface area contributed by atoms with Crippen molar-refractivity contribution in [2.75, 3.05) is 18.8 Å². The molecule has 0 bridgehead atoms. The standard InChI is InChI=1S/C13H19BrN2OS/c1-10(8-15)9-16-13(17)6-7-18-12-5-3-2-4-11(12)14/h2-5,10H,6-9,15H2,1H3,(H,16,17). The first-order valence-corrected chi connectivity index (χ1v) is 7.75. The lowest BCUT2D eigenvalue weighted by molar-refractivity contribution is -0.120. The van der Waals surface area contributed by atoms with E-state index in [1.54, 1.807) is 11.8 Å². The SMILES string of the molecule is CC(CN)CNC(=O)CCSc1ccccc1Br. The molecule has 0 aliphatic rings. The Morgan fingerprint density at radius 2 is 2.22 bits per heavy atom. The van der Waals surface area contributed by atoms with E-state index >= 15 is 0 Å². The molecule has 1 rings (SSSR count). The van der Waals surface area contributed by atoms with Crippen LogP contribution in [0.2, 0.25) is 0 Å². The highest BCUT2D eigenvalue weighted by molar-refractivity contribution is 9.10. The fourth-order valence-corrected chi connectivity index (χ4v) is 2.79. The molecule has 18 heavy (non-hydrogen) atoms. The predicted octanol–water partition coefficient (Wildman–Crippen LogP) is 2.64. The molecular weight excluding hydrogens is 312 g/mol. The highest BCUT2D eigenvalue weighted by Crippen LogP contribution is 2.27. The Bertz CT molecular complexity index is 387. The lowest BCUT2D eigenvalue weighted by Crippen LogP contribution is -2.31. The molecule has 5 heteroatoms. The quantitative estimate of drug-likeness (QED) is 0.755. The van der Waals surface area contributed by atoms with Gasteiger partial charge in [-0.2, -0.15) is 0 Å². The summed E-state index contributed by atoms with van der Waals surface area (Å²) in [5, 5.41) is 2.89. The van der Waals surface area contributed by atoms with Crippen LogP contribution in [-0.4, -0.2) is 24.7 Å². The van der Waals surface area contributed by atoms with Crippen molar-refractivity contribution >= 4 is 33.6 Å². The lowest BCUT2D eigenvalue weighted by Gasteiger charge is -2.10. The van der Waals surface area contributed by atoms with Crippen molar-refractivity contribution in [3.8, 4) is 0 Å². The van der Waals surface area contributed by atoms with Crippen LogP contribution >= 0.6 is 27.7 Å². The highest BCUT2D eigenvalue weighted by Gasteiger charge is 2.05. The van der Waals surface area contributed by atoms with Crippen molar-refractivity contribution in [2.24, 2.45) is 11.7 Å². The molecule has 1 aromatic carbocycles. The van der Waals surface area contributed by atoms with Gasteiger partial charge in [-0.1, -0.05) is 19.1 Å². The van der Waals surface area contributed by atoms with Gasteiger partial charge in [0, 0.05) is 28.1 Å². The Labute approximate surface area is 121 Å². The second kappa shape index (κ2) is 8.56. The van der Waals surface area contributed by atoms with Gasteiger partial charge < -0.3 is 11.1 Å². The number of nitrogens with two attached hydrogens (primary N) is 1. The van der Waals surface area contributed by atoms with Crippen molar-refractivity contribution in [3.05, 3.63) is 28.7 Å². The highest BCUT2D eigenvalue weighted by atomic mass is 79.9. The van der Waals surface area contributed by atoms with Crippen LogP contribution in [0.5, 0.6) is 0 Å². The van der Waals surface area contributed by atoms with Gasteiger partial charge in [-0.3, -0.25) is 4.79 Å². The molecule has 100 valence electrons. The van der Waals surface area contributed by atoms with E-state index in [-0.39, 0.29) is 5.91 Å². The Kier molecular flexibility index (Phi) is 7.39. The Balaban J connectivity index is 2.22. The van der Waals surface area contributed by atoms with Crippen LogP contribution in [0.15, 0.2) is 33.6 Å². The summed E-state index contributed by atoms with van der Waals surface area (Å²) in [5.74, 6) is 1.21. The minimum Gasteiger partial charge on any atom is -0.356 e. The number of hydrogen-bond acceptors (Lipinski definition) is 3. The van der Waals surface area contributed by atoms with Crippen LogP contribution in [-0.2, 0) is 4.79 Å². The molecule has 3 N–H and O–H groups in total. The first-order valence-electron chi connectivity index (χ1n) is 5.97. The van der Waals surface area contributed by atoms with Gasteiger partial charge >= 0.3 is 0 Å². The zero-order valence-corrected chi connectivity index (χ0v) is 12.9. The van der Waals surface area contributed by atoms with E-state index in [0.717, 1.165) is 10.2 Å². The van der Waals surface area contributed by atoms with Gasteiger partial charge in [0.25, 0.3) is 0 Å². The Hall–Kier alpha value is -0.520. The first kappa shape index (κ1) is 15.5. The summed E-state index contributed by atoms with van der Waals surface area (Å²) in [7, 11) is 0. The van der Waals surface area contributed by atoms with Crippen LogP contribution in [0, 0.1) is 5.92 Å². The minimum absolute atomic E-state index is 0.0925. The number of rotatable bonds is 7. The molecule has 0 aliphatic carbocycles. The molecule has 1 atom stereocenters. The zero-order chi connectivity index (χ0) is 13.4. The topological polar surface area (TPSA) is 55.1 Å². The molecule has 0 fully saturated rings. The number of hydrogen-bond donors (Lipinski definition) is 2. The molecule has 0 saturated heterocycles. The normalized spacial score (nSPS) is 12.2. The molecule has 0 heterocycles. The minimum atomic E-state index is 0.0925. The number of carbonyl (C=O) groups is 1. The average Bonchev–Trinajstić information content (AvgIpc) is 2.38. The second-order valence-corrected chi connectivity index (χ2v) is 6.16. The summed E-state index contributed by atoms with van der Waals surface area (Å²) in [5.41, 5.74) is 5.49. The number of amides is 1. The Morgan fingerprint density at radius 1 is 1.50 bits per heavy atom. The predicted molar refractivity (Wildman–Crippen MR) is 80.7 cm³/mol. The maximum absolute atomic E-state index is 11.6. The van der Waals surface area contributed by atoms with Crippen LogP contribution in [0.3, 0.4) is 0 Å². The first-order chi connectivity index (χ1) is 8.63. The van der Waals surface area contributed by atoms with E-state index in [2.05, 4.69) is 21.2 Å². The maximum Gasteiger partial charge on any atom is 0.220 e. The van der Waals surface area contributed by atoms with E-state index in [1.165, 1.54) is 4.90 Å². The molecule has 1 amide bonds. The number of halogens is 1. The van der Waals surface area contributed by atoms with Gasteiger partial charge in [0.05, 0.1) is 0 Å². The number of benzene rings is 1. The zero-order valence-electron chi connectivity index (χ0n) is 10.5. The molecule has 0 aliphatic heterocycles. The van der Waals surface area contributed by atoms with Gasteiger partial charge in [0.15, 0.2) is 0 Å². The van der Waals surface area contributed by atoms with Gasteiger partial charge in [-0.25, -0.2) is 0 Å².